The van der Waals surface area contributed by atoms with Gasteiger partial charge < -0.3 is 4.90 Å². The van der Waals surface area contributed by atoms with Crippen molar-refractivity contribution < 1.29 is 0 Å². The number of hydrogen-bond donors (Lipinski definition) is 1. The maximum absolute atomic E-state index is 4.36. The van der Waals surface area contributed by atoms with Crippen LogP contribution < -0.4 is 0 Å². The lowest BCUT2D eigenvalue weighted by Crippen LogP contribution is -2.26. The molecule has 0 N–H and O–H groups in total. The van der Waals surface area contributed by atoms with Crippen LogP contribution in [-0.2, 0) is 6.54 Å². The molecule has 15 heavy (non-hydrogen) atoms. The van der Waals surface area contributed by atoms with Gasteiger partial charge in [0, 0.05) is 25.5 Å². The summed E-state index contributed by atoms with van der Waals surface area (Å²) in [6.07, 6.45) is 4.94. The van der Waals surface area contributed by atoms with Gasteiger partial charge in [0.2, 0.25) is 0 Å². The van der Waals surface area contributed by atoms with E-state index in [1.165, 1.54) is 12.0 Å². The van der Waals surface area contributed by atoms with E-state index in [-0.39, 0.29) is 0 Å². The van der Waals surface area contributed by atoms with E-state index < -0.39 is 0 Å². The smallest absolute Gasteiger partial charge is 0.0312 e. The van der Waals surface area contributed by atoms with Crippen LogP contribution in [0, 0.1) is 5.92 Å². The molecule has 0 aliphatic rings. The van der Waals surface area contributed by atoms with Gasteiger partial charge in [0.25, 0.3) is 0 Å². The summed E-state index contributed by atoms with van der Waals surface area (Å²) in [5.74, 6) is 1.66. The Morgan fingerprint density at radius 3 is 2.87 bits per heavy atom. The first-order valence-electron chi connectivity index (χ1n) is 5.44. The van der Waals surface area contributed by atoms with Gasteiger partial charge in [-0.15, -0.1) is 0 Å². The Balaban J connectivity index is 2.39. The van der Waals surface area contributed by atoms with Crippen molar-refractivity contribution in [1.82, 2.24) is 9.88 Å². The Morgan fingerprint density at radius 1 is 1.53 bits per heavy atom. The number of pyridine rings is 1. The van der Waals surface area contributed by atoms with Crippen LogP contribution in [0.3, 0.4) is 0 Å². The molecule has 1 unspecified atom stereocenters. The van der Waals surface area contributed by atoms with Crippen molar-refractivity contribution >= 4 is 12.6 Å². The van der Waals surface area contributed by atoms with Crippen molar-refractivity contribution in [1.29, 1.82) is 0 Å². The predicted molar refractivity (Wildman–Crippen MR) is 68.2 cm³/mol. The molecule has 1 aromatic rings. The Bertz CT molecular complexity index is 260. The summed E-state index contributed by atoms with van der Waals surface area (Å²) >= 11 is 4.36. The van der Waals surface area contributed by atoms with Crippen LogP contribution in [0.2, 0.25) is 0 Å². The lowest BCUT2D eigenvalue weighted by atomic mass is 10.1. The highest BCUT2D eigenvalue weighted by Gasteiger charge is 2.08. The van der Waals surface area contributed by atoms with Crippen molar-refractivity contribution in [2.75, 3.05) is 19.3 Å². The highest BCUT2D eigenvalue weighted by atomic mass is 32.1. The number of aromatic nitrogens is 1. The number of thiol groups is 1. The Morgan fingerprint density at radius 2 is 2.33 bits per heavy atom. The SMILES string of the molecule is CCC(CS)CN(C)Cc1cccnc1. The zero-order chi connectivity index (χ0) is 11.1. The quantitative estimate of drug-likeness (QED) is 0.747. The summed E-state index contributed by atoms with van der Waals surface area (Å²) in [7, 11) is 2.15. The highest BCUT2D eigenvalue weighted by molar-refractivity contribution is 7.80. The van der Waals surface area contributed by atoms with E-state index in [1.807, 2.05) is 18.5 Å². The molecule has 0 radical (unpaired) electrons. The fraction of sp³-hybridized carbons (Fsp3) is 0.583. The minimum Gasteiger partial charge on any atom is -0.302 e. The van der Waals surface area contributed by atoms with Crippen molar-refractivity contribution in [2.45, 2.75) is 19.9 Å². The molecule has 0 aromatic carbocycles. The first-order valence-corrected chi connectivity index (χ1v) is 6.07. The fourth-order valence-electron chi connectivity index (χ4n) is 1.62. The van der Waals surface area contributed by atoms with Gasteiger partial charge in [0.15, 0.2) is 0 Å². The first-order chi connectivity index (χ1) is 7.26. The molecule has 0 aliphatic heterocycles. The first kappa shape index (κ1) is 12.5. The molecule has 0 spiro atoms. The van der Waals surface area contributed by atoms with E-state index in [2.05, 4.69) is 42.6 Å². The van der Waals surface area contributed by atoms with Crippen LogP contribution in [0.25, 0.3) is 0 Å². The second kappa shape index (κ2) is 6.85. The third-order valence-electron chi connectivity index (χ3n) is 2.58. The number of hydrogen-bond acceptors (Lipinski definition) is 3. The van der Waals surface area contributed by atoms with E-state index in [4.69, 9.17) is 0 Å². The van der Waals surface area contributed by atoms with Crippen molar-refractivity contribution in [3.8, 4) is 0 Å². The summed E-state index contributed by atoms with van der Waals surface area (Å²) in [4.78, 5) is 6.45. The van der Waals surface area contributed by atoms with Crippen LogP contribution in [0.15, 0.2) is 24.5 Å². The standard InChI is InChI=1S/C12H20N2S/c1-3-11(10-15)8-14(2)9-12-5-4-6-13-7-12/h4-7,11,15H,3,8-10H2,1-2H3. The summed E-state index contributed by atoms with van der Waals surface area (Å²) in [5, 5.41) is 0. The van der Waals surface area contributed by atoms with Crippen LogP contribution in [0.1, 0.15) is 18.9 Å². The Labute approximate surface area is 98.1 Å². The third-order valence-corrected chi connectivity index (χ3v) is 3.10. The molecule has 0 saturated carbocycles. The van der Waals surface area contributed by atoms with Gasteiger partial charge in [-0.05, 0) is 30.3 Å². The maximum Gasteiger partial charge on any atom is 0.0312 e. The minimum absolute atomic E-state index is 0.690. The lowest BCUT2D eigenvalue weighted by Gasteiger charge is -2.21. The van der Waals surface area contributed by atoms with E-state index >= 15 is 0 Å². The average molecular weight is 224 g/mol. The second-order valence-corrected chi connectivity index (χ2v) is 4.38. The Hall–Kier alpha value is -0.540. The molecule has 0 aliphatic carbocycles. The minimum atomic E-state index is 0.690. The largest absolute Gasteiger partial charge is 0.302 e. The van der Waals surface area contributed by atoms with E-state index in [0.29, 0.717) is 5.92 Å². The zero-order valence-corrected chi connectivity index (χ0v) is 10.5. The van der Waals surface area contributed by atoms with Crippen molar-refractivity contribution in [2.24, 2.45) is 5.92 Å². The van der Waals surface area contributed by atoms with Gasteiger partial charge in [0.1, 0.15) is 0 Å². The monoisotopic (exact) mass is 224 g/mol. The molecule has 1 atom stereocenters. The molecule has 1 heterocycles. The van der Waals surface area contributed by atoms with Gasteiger partial charge >= 0.3 is 0 Å². The molecule has 0 saturated heterocycles. The van der Waals surface area contributed by atoms with Crippen molar-refractivity contribution in [3.63, 3.8) is 0 Å². The molecule has 0 fully saturated rings. The van der Waals surface area contributed by atoms with Gasteiger partial charge in [0.05, 0.1) is 0 Å². The van der Waals surface area contributed by atoms with Crippen LogP contribution in [0.4, 0.5) is 0 Å². The van der Waals surface area contributed by atoms with E-state index in [0.717, 1.165) is 18.8 Å². The zero-order valence-electron chi connectivity index (χ0n) is 9.56. The van der Waals surface area contributed by atoms with Gasteiger partial charge in [-0.3, -0.25) is 4.98 Å². The maximum atomic E-state index is 4.36. The fourth-order valence-corrected chi connectivity index (χ4v) is 2.00. The molecular formula is C12H20N2S. The molecule has 1 aromatic heterocycles. The predicted octanol–water partition coefficient (Wildman–Crippen LogP) is 2.47. The molecule has 0 bridgehead atoms. The molecule has 1 rings (SSSR count). The van der Waals surface area contributed by atoms with Crippen LogP contribution in [-0.4, -0.2) is 29.2 Å². The molecule has 84 valence electrons. The normalized spacial score (nSPS) is 13.1. The molecule has 3 heteroatoms. The molecule has 0 amide bonds. The average Bonchev–Trinajstić information content (AvgIpc) is 2.27. The van der Waals surface area contributed by atoms with E-state index in [1.54, 1.807) is 0 Å². The lowest BCUT2D eigenvalue weighted by molar-refractivity contribution is 0.277. The highest BCUT2D eigenvalue weighted by Crippen LogP contribution is 2.09. The second-order valence-electron chi connectivity index (χ2n) is 4.01. The van der Waals surface area contributed by atoms with Gasteiger partial charge in [-0.2, -0.15) is 12.6 Å². The van der Waals surface area contributed by atoms with Gasteiger partial charge in [-0.25, -0.2) is 0 Å². The third kappa shape index (κ3) is 4.67. The van der Waals surface area contributed by atoms with Crippen LogP contribution >= 0.6 is 12.6 Å². The summed E-state index contributed by atoms with van der Waals surface area (Å²) in [6.45, 7) is 4.30. The molecular weight excluding hydrogens is 204 g/mol. The number of nitrogens with zero attached hydrogens (tertiary/aromatic N) is 2. The number of rotatable bonds is 6. The van der Waals surface area contributed by atoms with Crippen molar-refractivity contribution in [3.05, 3.63) is 30.1 Å². The summed E-state index contributed by atoms with van der Waals surface area (Å²) in [6, 6.07) is 4.10. The van der Waals surface area contributed by atoms with Gasteiger partial charge in [-0.1, -0.05) is 19.4 Å². The van der Waals surface area contributed by atoms with E-state index in [9.17, 15) is 0 Å². The summed E-state index contributed by atoms with van der Waals surface area (Å²) < 4.78 is 0. The summed E-state index contributed by atoms with van der Waals surface area (Å²) in [5.41, 5.74) is 1.27. The topological polar surface area (TPSA) is 16.1 Å². The Kier molecular flexibility index (Phi) is 5.73. The molecule has 2 nitrogen and oxygen atoms in total. The van der Waals surface area contributed by atoms with Crippen LogP contribution in [0.5, 0.6) is 0 Å².